The second-order valence-corrected chi connectivity index (χ2v) is 4.43. The number of nitrogens with zero attached hydrogens (tertiary/aromatic N) is 4. The molecular formula is C11H18N4O3. The number of hydrogen-bond acceptors (Lipinski definition) is 5. The maximum atomic E-state index is 10.7. The molecule has 0 N–H and O–H groups in total. The molecule has 0 atom stereocenters. The second kappa shape index (κ2) is 5.92. The largest absolute Gasteiger partial charge is 0.379 e. The topological polar surface area (TPSA) is 73.4 Å². The van der Waals surface area contributed by atoms with Gasteiger partial charge in [0.05, 0.1) is 18.1 Å². The van der Waals surface area contributed by atoms with Crippen LogP contribution in [0.1, 0.15) is 12.1 Å². The molecule has 1 fully saturated rings. The van der Waals surface area contributed by atoms with Crippen LogP contribution in [-0.2, 0) is 11.3 Å². The lowest BCUT2D eigenvalue weighted by molar-refractivity contribution is -0.385. The average Bonchev–Trinajstić information content (AvgIpc) is 2.72. The summed E-state index contributed by atoms with van der Waals surface area (Å²) in [5.74, 6) is 0. The minimum Gasteiger partial charge on any atom is -0.379 e. The number of rotatable bonds is 5. The van der Waals surface area contributed by atoms with Gasteiger partial charge in [-0.15, -0.1) is 0 Å². The van der Waals surface area contributed by atoms with E-state index in [0.717, 1.165) is 39.3 Å². The van der Waals surface area contributed by atoms with Crippen LogP contribution < -0.4 is 0 Å². The SMILES string of the molecule is Cc1nn(CCCN2CCOCC2)cc1[N+](=O)[O-]. The first kappa shape index (κ1) is 13.0. The smallest absolute Gasteiger partial charge is 0.309 e. The summed E-state index contributed by atoms with van der Waals surface area (Å²) in [6, 6.07) is 0. The molecule has 0 bridgehead atoms. The van der Waals surface area contributed by atoms with Gasteiger partial charge in [-0.05, 0) is 13.3 Å². The van der Waals surface area contributed by atoms with Gasteiger partial charge in [0, 0.05) is 26.2 Å². The fourth-order valence-corrected chi connectivity index (χ4v) is 2.08. The van der Waals surface area contributed by atoms with E-state index in [0.29, 0.717) is 12.2 Å². The van der Waals surface area contributed by atoms with Gasteiger partial charge in [0.1, 0.15) is 11.9 Å². The molecule has 1 aliphatic heterocycles. The van der Waals surface area contributed by atoms with Gasteiger partial charge in [-0.1, -0.05) is 0 Å². The Kier molecular flexibility index (Phi) is 4.27. The standard InChI is InChI=1S/C11H18N4O3/c1-10-11(15(16)17)9-14(12-10)4-2-3-13-5-7-18-8-6-13/h9H,2-8H2,1H3. The number of aromatic nitrogens is 2. The number of aryl methyl sites for hydroxylation is 2. The highest BCUT2D eigenvalue weighted by molar-refractivity contribution is 5.30. The summed E-state index contributed by atoms with van der Waals surface area (Å²) in [7, 11) is 0. The highest BCUT2D eigenvalue weighted by Gasteiger charge is 2.15. The first-order valence-electron chi connectivity index (χ1n) is 6.15. The Bertz CT molecular complexity index is 412. The molecular weight excluding hydrogens is 236 g/mol. The molecule has 7 nitrogen and oxygen atoms in total. The van der Waals surface area contributed by atoms with Crippen molar-refractivity contribution in [2.24, 2.45) is 0 Å². The molecule has 0 saturated carbocycles. The van der Waals surface area contributed by atoms with Gasteiger partial charge in [-0.2, -0.15) is 5.10 Å². The van der Waals surface area contributed by atoms with Crippen molar-refractivity contribution in [3.63, 3.8) is 0 Å². The zero-order chi connectivity index (χ0) is 13.0. The Labute approximate surface area is 105 Å². The van der Waals surface area contributed by atoms with Gasteiger partial charge >= 0.3 is 5.69 Å². The number of ether oxygens (including phenoxy) is 1. The van der Waals surface area contributed by atoms with Crippen LogP contribution in [0.5, 0.6) is 0 Å². The number of hydrogen-bond donors (Lipinski definition) is 0. The summed E-state index contributed by atoms with van der Waals surface area (Å²) in [4.78, 5) is 12.6. The van der Waals surface area contributed by atoms with Crippen molar-refractivity contribution in [3.8, 4) is 0 Å². The molecule has 1 aromatic heterocycles. The Balaban J connectivity index is 1.79. The van der Waals surface area contributed by atoms with E-state index in [1.165, 1.54) is 6.20 Å². The van der Waals surface area contributed by atoms with E-state index in [9.17, 15) is 10.1 Å². The van der Waals surface area contributed by atoms with Crippen LogP contribution in [0.4, 0.5) is 5.69 Å². The van der Waals surface area contributed by atoms with Crippen molar-refractivity contribution in [1.82, 2.24) is 14.7 Å². The molecule has 0 radical (unpaired) electrons. The zero-order valence-electron chi connectivity index (χ0n) is 10.5. The van der Waals surface area contributed by atoms with E-state index in [1.807, 2.05) is 0 Å². The van der Waals surface area contributed by atoms with E-state index in [2.05, 4.69) is 10.00 Å². The lowest BCUT2D eigenvalue weighted by atomic mass is 10.3. The molecule has 1 aromatic rings. The van der Waals surface area contributed by atoms with E-state index in [-0.39, 0.29) is 10.6 Å². The van der Waals surface area contributed by atoms with Crippen molar-refractivity contribution >= 4 is 5.69 Å². The maximum absolute atomic E-state index is 10.7. The molecule has 18 heavy (non-hydrogen) atoms. The summed E-state index contributed by atoms with van der Waals surface area (Å²) < 4.78 is 6.94. The lowest BCUT2D eigenvalue weighted by Crippen LogP contribution is -2.37. The van der Waals surface area contributed by atoms with Gasteiger partial charge in [0.2, 0.25) is 0 Å². The van der Waals surface area contributed by atoms with Gasteiger partial charge in [0.15, 0.2) is 0 Å². The van der Waals surface area contributed by atoms with Crippen LogP contribution >= 0.6 is 0 Å². The van der Waals surface area contributed by atoms with Crippen LogP contribution in [0, 0.1) is 17.0 Å². The summed E-state index contributed by atoms with van der Waals surface area (Å²) in [6.07, 6.45) is 2.45. The Hall–Kier alpha value is -1.47. The van der Waals surface area contributed by atoms with Crippen molar-refractivity contribution < 1.29 is 9.66 Å². The highest BCUT2D eigenvalue weighted by atomic mass is 16.6. The number of nitro groups is 1. The van der Waals surface area contributed by atoms with E-state index in [1.54, 1.807) is 11.6 Å². The first-order valence-corrected chi connectivity index (χ1v) is 6.15. The first-order chi connectivity index (χ1) is 8.66. The van der Waals surface area contributed by atoms with Gasteiger partial charge in [-0.25, -0.2) is 0 Å². The van der Waals surface area contributed by atoms with Crippen molar-refractivity contribution in [2.45, 2.75) is 19.9 Å². The molecule has 0 unspecified atom stereocenters. The minimum atomic E-state index is -0.388. The number of morpholine rings is 1. The predicted molar refractivity (Wildman–Crippen MR) is 65.5 cm³/mol. The van der Waals surface area contributed by atoms with Gasteiger partial charge in [0.25, 0.3) is 0 Å². The van der Waals surface area contributed by atoms with Crippen molar-refractivity contribution in [1.29, 1.82) is 0 Å². The maximum Gasteiger partial charge on any atom is 0.309 e. The Morgan fingerprint density at radius 2 is 2.17 bits per heavy atom. The van der Waals surface area contributed by atoms with Gasteiger partial charge in [-0.3, -0.25) is 19.7 Å². The second-order valence-electron chi connectivity index (χ2n) is 4.43. The lowest BCUT2D eigenvalue weighted by Gasteiger charge is -2.26. The van der Waals surface area contributed by atoms with Gasteiger partial charge < -0.3 is 4.74 Å². The molecule has 0 aromatic carbocycles. The quantitative estimate of drug-likeness (QED) is 0.574. The molecule has 2 rings (SSSR count). The molecule has 0 aliphatic carbocycles. The molecule has 7 heteroatoms. The fourth-order valence-electron chi connectivity index (χ4n) is 2.08. The molecule has 0 amide bonds. The Morgan fingerprint density at radius 1 is 1.44 bits per heavy atom. The Morgan fingerprint density at radius 3 is 2.78 bits per heavy atom. The van der Waals surface area contributed by atoms with E-state index in [4.69, 9.17) is 4.74 Å². The molecule has 2 heterocycles. The third-order valence-electron chi connectivity index (χ3n) is 3.08. The zero-order valence-corrected chi connectivity index (χ0v) is 10.5. The summed E-state index contributed by atoms with van der Waals surface area (Å²) in [6.45, 7) is 6.90. The van der Waals surface area contributed by atoms with Crippen LogP contribution in [0.25, 0.3) is 0 Å². The third-order valence-corrected chi connectivity index (χ3v) is 3.08. The van der Waals surface area contributed by atoms with E-state index >= 15 is 0 Å². The molecule has 100 valence electrons. The third kappa shape index (κ3) is 3.27. The van der Waals surface area contributed by atoms with E-state index < -0.39 is 0 Å². The monoisotopic (exact) mass is 254 g/mol. The summed E-state index contributed by atoms with van der Waals surface area (Å²) in [5, 5.41) is 14.8. The summed E-state index contributed by atoms with van der Waals surface area (Å²) in [5.41, 5.74) is 0.577. The molecule has 1 saturated heterocycles. The van der Waals surface area contributed by atoms with Crippen LogP contribution in [0.15, 0.2) is 6.20 Å². The molecule has 1 aliphatic rings. The van der Waals surface area contributed by atoms with Crippen molar-refractivity contribution in [2.75, 3.05) is 32.8 Å². The predicted octanol–water partition coefficient (Wildman–Crippen LogP) is 0.822. The van der Waals surface area contributed by atoms with Crippen molar-refractivity contribution in [3.05, 3.63) is 22.0 Å². The fraction of sp³-hybridized carbons (Fsp3) is 0.727. The average molecular weight is 254 g/mol. The molecule has 0 spiro atoms. The minimum absolute atomic E-state index is 0.0985. The summed E-state index contributed by atoms with van der Waals surface area (Å²) >= 11 is 0. The van der Waals surface area contributed by atoms with Crippen LogP contribution in [0.2, 0.25) is 0 Å². The van der Waals surface area contributed by atoms with Crippen LogP contribution in [-0.4, -0.2) is 52.5 Å². The highest BCUT2D eigenvalue weighted by Crippen LogP contribution is 2.15. The normalized spacial score (nSPS) is 16.9. The van der Waals surface area contributed by atoms with Crippen LogP contribution in [0.3, 0.4) is 0 Å².